The van der Waals surface area contributed by atoms with Gasteiger partial charge in [-0.25, -0.2) is 13.2 Å². The molecule has 0 spiro atoms. The number of methoxy groups -OCH3 is 1. The van der Waals surface area contributed by atoms with Gasteiger partial charge in [0.25, 0.3) is 0 Å². The zero-order valence-corrected chi connectivity index (χ0v) is 15.4. The summed E-state index contributed by atoms with van der Waals surface area (Å²) in [6.45, 7) is 4.50. The molecule has 0 bridgehead atoms. The molecule has 1 fully saturated rings. The fraction of sp³-hybridized carbons (Fsp3) is 0.529. The summed E-state index contributed by atoms with van der Waals surface area (Å²) in [7, 11) is -2.43. The van der Waals surface area contributed by atoms with Crippen molar-refractivity contribution in [2.75, 3.05) is 26.8 Å². The van der Waals surface area contributed by atoms with Gasteiger partial charge in [0.15, 0.2) is 6.61 Å². The molecule has 0 aromatic heterocycles. The average Bonchev–Trinajstić information content (AvgIpc) is 2.58. The van der Waals surface area contributed by atoms with Crippen LogP contribution in [-0.2, 0) is 14.8 Å². The van der Waals surface area contributed by atoms with Crippen molar-refractivity contribution in [3.63, 3.8) is 0 Å². The van der Waals surface area contributed by atoms with E-state index in [0.29, 0.717) is 13.1 Å². The zero-order valence-electron chi connectivity index (χ0n) is 14.6. The Kier molecular flexibility index (Phi) is 6.03. The SMILES string of the molecule is COc1ccc(C(=O)OCC#N)cc1S(=O)(=O)N1C[C@@H](C)C[C@H](C)C1. The number of hydrogen-bond donors (Lipinski definition) is 0. The van der Waals surface area contributed by atoms with Gasteiger partial charge in [-0.3, -0.25) is 0 Å². The Morgan fingerprint density at radius 1 is 1.32 bits per heavy atom. The second-order valence-electron chi connectivity index (χ2n) is 6.37. The third-order valence-corrected chi connectivity index (χ3v) is 5.97. The third-order valence-electron chi connectivity index (χ3n) is 4.12. The van der Waals surface area contributed by atoms with Crippen LogP contribution in [0.15, 0.2) is 23.1 Å². The summed E-state index contributed by atoms with van der Waals surface area (Å²) in [4.78, 5) is 11.9. The normalized spacial score (nSPS) is 21.4. The number of rotatable bonds is 5. The van der Waals surface area contributed by atoms with Gasteiger partial charge in [0.2, 0.25) is 10.0 Å². The maximum absolute atomic E-state index is 13.1. The maximum Gasteiger partial charge on any atom is 0.339 e. The molecule has 0 amide bonds. The largest absolute Gasteiger partial charge is 0.495 e. The predicted molar refractivity (Wildman–Crippen MR) is 90.6 cm³/mol. The first-order chi connectivity index (χ1) is 11.8. The van der Waals surface area contributed by atoms with E-state index in [1.165, 1.54) is 29.6 Å². The molecule has 2 atom stereocenters. The van der Waals surface area contributed by atoms with Crippen LogP contribution in [-0.4, -0.2) is 45.5 Å². The molecule has 25 heavy (non-hydrogen) atoms. The molecule has 1 aromatic carbocycles. The number of hydrogen-bond acceptors (Lipinski definition) is 6. The summed E-state index contributed by atoms with van der Waals surface area (Å²) < 4.78 is 37.5. The summed E-state index contributed by atoms with van der Waals surface area (Å²) in [5.41, 5.74) is 0.0627. The Bertz CT molecular complexity index is 775. The van der Waals surface area contributed by atoms with Crippen molar-refractivity contribution in [3.8, 4) is 11.8 Å². The lowest BCUT2D eigenvalue weighted by Crippen LogP contribution is -2.42. The second-order valence-corrected chi connectivity index (χ2v) is 8.27. The van der Waals surface area contributed by atoms with Crippen LogP contribution in [0.3, 0.4) is 0 Å². The summed E-state index contributed by atoms with van der Waals surface area (Å²) in [5.74, 6) is -0.0645. The molecule has 1 aliphatic heterocycles. The monoisotopic (exact) mass is 366 g/mol. The smallest absolute Gasteiger partial charge is 0.339 e. The van der Waals surface area contributed by atoms with Gasteiger partial charge in [0.1, 0.15) is 16.7 Å². The molecule has 0 unspecified atom stereocenters. The molecule has 0 aliphatic carbocycles. The summed E-state index contributed by atoms with van der Waals surface area (Å²) >= 11 is 0. The van der Waals surface area contributed by atoms with E-state index in [0.717, 1.165) is 6.42 Å². The number of ether oxygens (including phenoxy) is 2. The maximum atomic E-state index is 13.1. The van der Waals surface area contributed by atoms with E-state index in [1.807, 2.05) is 13.8 Å². The van der Waals surface area contributed by atoms with Crippen LogP contribution in [0.25, 0.3) is 0 Å². The first-order valence-corrected chi connectivity index (χ1v) is 9.45. The highest BCUT2D eigenvalue weighted by Crippen LogP contribution is 2.32. The zero-order chi connectivity index (χ0) is 18.6. The van der Waals surface area contributed by atoms with Crippen molar-refractivity contribution >= 4 is 16.0 Å². The Hall–Kier alpha value is -2.11. The fourth-order valence-corrected chi connectivity index (χ4v) is 4.99. The van der Waals surface area contributed by atoms with Crippen LogP contribution >= 0.6 is 0 Å². The summed E-state index contributed by atoms with van der Waals surface area (Å²) in [6.07, 6.45) is 0.976. The molecular formula is C17H22N2O5S. The average molecular weight is 366 g/mol. The molecule has 2 rings (SSSR count). The molecule has 1 aliphatic rings. The molecule has 8 heteroatoms. The lowest BCUT2D eigenvalue weighted by Gasteiger charge is -2.34. The Morgan fingerprint density at radius 3 is 2.52 bits per heavy atom. The van der Waals surface area contributed by atoms with Gasteiger partial charge in [0, 0.05) is 13.1 Å². The van der Waals surface area contributed by atoms with Gasteiger partial charge in [-0.05, 0) is 36.5 Å². The quantitative estimate of drug-likeness (QED) is 0.740. The Balaban J connectivity index is 2.41. The lowest BCUT2D eigenvalue weighted by molar-refractivity contribution is 0.0554. The van der Waals surface area contributed by atoms with Gasteiger partial charge >= 0.3 is 5.97 Å². The number of sulfonamides is 1. The van der Waals surface area contributed by atoms with Crippen molar-refractivity contribution in [1.82, 2.24) is 4.31 Å². The third kappa shape index (κ3) is 4.30. The highest BCUT2D eigenvalue weighted by Gasteiger charge is 2.34. The van der Waals surface area contributed by atoms with E-state index >= 15 is 0 Å². The highest BCUT2D eigenvalue weighted by molar-refractivity contribution is 7.89. The van der Waals surface area contributed by atoms with Crippen LogP contribution in [0, 0.1) is 23.2 Å². The minimum absolute atomic E-state index is 0.0627. The second kappa shape index (κ2) is 7.85. The number of nitrogens with zero attached hydrogens (tertiary/aromatic N) is 2. The number of carbonyl (C=O) groups is 1. The van der Waals surface area contributed by atoms with E-state index in [9.17, 15) is 13.2 Å². The van der Waals surface area contributed by atoms with Crippen LogP contribution in [0.1, 0.15) is 30.6 Å². The first-order valence-electron chi connectivity index (χ1n) is 8.01. The number of carbonyl (C=O) groups excluding carboxylic acids is 1. The van der Waals surface area contributed by atoms with Gasteiger partial charge < -0.3 is 9.47 Å². The van der Waals surface area contributed by atoms with Crippen molar-refractivity contribution in [3.05, 3.63) is 23.8 Å². The molecule has 1 saturated heterocycles. The van der Waals surface area contributed by atoms with Crippen LogP contribution in [0.5, 0.6) is 5.75 Å². The topological polar surface area (TPSA) is 96.7 Å². The van der Waals surface area contributed by atoms with E-state index < -0.39 is 22.6 Å². The number of piperidine rings is 1. The van der Waals surface area contributed by atoms with Gasteiger partial charge in [-0.2, -0.15) is 9.57 Å². The van der Waals surface area contributed by atoms with Gasteiger partial charge in [0.05, 0.1) is 12.7 Å². The van der Waals surface area contributed by atoms with Crippen molar-refractivity contribution in [2.24, 2.45) is 11.8 Å². The van der Waals surface area contributed by atoms with Gasteiger partial charge in [-0.15, -0.1) is 0 Å². The van der Waals surface area contributed by atoms with Crippen LogP contribution < -0.4 is 4.74 Å². The molecule has 7 nitrogen and oxygen atoms in total. The first kappa shape index (κ1) is 19.2. The molecule has 0 N–H and O–H groups in total. The highest BCUT2D eigenvalue weighted by atomic mass is 32.2. The number of nitriles is 1. The molecule has 136 valence electrons. The van der Waals surface area contributed by atoms with Crippen molar-refractivity contribution in [1.29, 1.82) is 5.26 Å². The Labute approximate surface area is 148 Å². The number of benzene rings is 1. The molecule has 1 aromatic rings. The molecule has 0 saturated carbocycles. The standard InChI is InChI=1S/C17H22N2O5S/c1-12-8-13(2)11-19(10-12)25(21,22)16-9-14(4-5-15(16)23-3)17(20)24-7-6-18/h4-5,9,12-13H,7-8,10-11H2,1-3H3/t12-,13-/m0/s1. The minimum Gasteiger partial charge on any atom is -0.495 e. The Morgan fingerprint density at radius 2 is 1.96 bits per heavy atom. The van der Waals surface area contributed by atoms with Crippen molar-refractivity contribution in [2.45, 2.75) is 25.2 Å². The number of esters is 1. The predicted octanol–water partition coefficient (Wildman–Crippen LogP) is 2.04. The summed E-state index contributed by atoms with van der Waals surface area (Å²) in [6, 6.07) is 5.79. The minimum atomic E-state index is -3.81. The lowest BCUT2D eigenvalue weighted by atomic mass is 9.94. The van der Waals surface area contributed by atoms with Crippen LogP contribution in [0.2, 0.25) is 0 Å². The molecule has 0 radical (unpaired) electrons. The van der Waals surface area contributed by atoms with Gasteiger partial charge in [-0.1, -0.05) is 13.8 Å². The fourth-order valence-electron chi connectivity index (χ4n) is 3.13. The van der Waals surface area contributed by atoms with E-state index in [-0.39, 0.29) is 28.0 Å². The van der Waals surface area contributed by atoms with E-state index in [2.05, 4.69) is 0 Å². The summed E-state index contributed by atoms with van der Waals surface area (Å²) in [5, 5.41) is 8.50. The molecule has 1 heterocycles. The van der Waals surface area contributed by atoms with E-state index in [1.54, 1.807) is 6.07 Å². The molecular weight excluding hydrogens is 344 g/mol. The van der Waals surface area contributed by atoms with Crippen molar-refractivity contribution < 1.29 is 22.7 Å². The van der Waals surface area contributed by atoms with E-state index in [4.69, 9.17) is 14.7 Å². The van der Waals surface area contributed by atoms with Crippen LogP contribution in [0.4, 0.5) is 0 Å².